The average Bonchev–Trinajstić information content (AvgIpc) is 2.86. The van der Waals surface area contributed by atoms with Gasteiger partial charge in [0, 0.05) is 23.6 Å². The molecular weight excluding hydrogens is 319 g/mol. The van der Waals surface area contributed by atoms with Crippen LogP contribution in [-0.4, -0.2) is 4.57 Å². The molecule has 1 heterocycles. The fraction of sp³-hybridized carbons (Fsp3) is 0.0625. The molecule has 1 aromatic heterocycles. The number of benzene rings is 2. The molecule has 0 aliphatic carbocycles. The fourth-order valence-electron chi connectivity index (χ4n) is 2.29. The molecule has 2 aromatic carbocycles. The third-order valence-electron chi connectivity index (χ3n) is 3.27. The van der Waals surface area contributed by atoms with Crippen LogP contribution in [0.15, 0.2) is 53.1 Å². The van der Waals surface area contributed by atoms with E-state index in [2.05, 4.69) is 26.6 Å². The number of rotatable bonds is 2. The molecule has 4 heteroatoms. The lowest BCUT2D eigenvalue weighted by molar-refractivity contribution is 0.619. The topological polar surface area (TPSA) is 28.7 Å². The van der Waals surface area contributed by atoms with Gasteiger partial charge in [-0.1, -0.05) is 12.1 Å². The van der Waals surface area contributed by atoms with Crippen LogP contribution in [0.3, 0.4) is 0 Å². The predicted octanol–water partition coefficient (Wildman–Crippen LogP) is 4.46. The monoisotopic (exact) mass is 328 g/mol. The fourth-order valence-corrected chi connectivity index (χ4v) is 2.72. The Bertz CT molecular complexity index is 830. The summed E-state index contributed by atoms with van der Waals surface area (Å²) in [4.78, 5) is 0. The van der Waals surface area contributed by atoms with Gasteiger partial charge >= 0.3 is 0 Å². The maximum atomic E-state index is 13.2. The van der Waals surface area contributed by atoms with Crippen molar-refractivity contribution in [3.8, 4) is 6.07 Å². The van der Waals surface area contributed by atoms with Crippen LogP contribution in [0, 0.1) is 17.1 Å². The van der Waals surface area contributed by atoms with Crippen molar-refractivity contribution in [2.75, 3.05) is 0 Å². The van der Waals surface area contributed by atoms with E-state index in [-0.39, 0.29) is 5.82 Å². The van der Waals surface area contributed by atoms with E-state index in [1.54, 1.807) is 18.2 Å². The summed E-state index contributed by atoms with van der Waals surface area (Å²) in [6.07, 6.45) is 1.95. The van der Waals surface area contributed by atoms with E-state index < -0.39 is 0 Å². The Balaban J connectivity index is 2.03. The lowest BCUT2D eigenvalue weighted by Crippen LogP contribution is -1.98. The molecule has 0 fully saturated rings. The van der Waals surface area contributed by atoms with Crippen molar-refractivity contribution in [1.29, 1.82) is 5.26 Å². The van der Waals surface area contributed by atoms with Gasteiger partial charge in [-0.2, -0.15) is 5.26 Å². The molecule has 0 saturated carbocycles. The third kappa shape index (κ3) is 2.21. The molecule has 0 amide bonds. The second-order valence-corrected chi connectivity index (χ2v) is 5.40. The third-order valence-corrected chi connectivity index (χ3v) is 3.88. The van der Waals surface area contributed by atoms with Crippen LogP contribution >= 0.6 is 15.9 Å². The summed E-state index contributed by atoms with van der Waals surface area (Å²) in [5.74, 6) is -0.266. The van der Waals surface area contributed by atoms with Gasteiger partial charge in [0.2, 0.25) is 0 Å². The van der Waals surface area contributed by atoms with E-state index in [0.717, 1.165) is 16.5 Å². The van der Waals surface area contributed by atoms with Crippen LogP contribution in [-0.2, 0) is 6.54 Å². The van der Waals surface area contributed by atoms with Gasteiger partial charge in [-0.25, -0.2) is 4.39 Å². The predicted molar refractivity (Wildman–Crippen MR) is 79.9 cm³/mol. The van der Waals surface area contributed by atoms with Gasteiger partial charge in [0.05, 0.1) is 16.1 Å². The van der Waals surface area contributed by atoms with Crippen LogP contribution in [0.4, 0.5) is 4.39 Å². The first kappa shape index (κ1) is 12.9. The van der Waals surface area contributed by atoms with Gasteiger partial charge in [0.15, 0.2) is 0 Å². The molecule has 0 aliphatic heterocycles. The van der Waals surface area contributed by atoms with Crippen molar-refractivity contribution < 1.29 is 4.39 Å². The van der Waals surface area contributed by atoms with Crippen molar-refractivity contribution in [3.63, 3.8) is 0 Å². The molecule has 0 aliphatic rings. The highest BCUT2D eigenvalue weighted by molar-refractivity contribution is 9.10. The quantitative estimate of drug-likeness (QED) is 0.682. The smallest absolute Gasteiger partial charge is 0.137 e. The van der Waals surface area contributed by atoms with E-state index in [0.29, 0.717) is 16.6 Å². The SMILES string of the molecule is N#Cc1cccc2c1ccn2Cc1ccc(F)c(Br)c1. The van der Waals surface area contributed by atoms with Crippen molar-refractivity contribution in [2.45, 2.75) is 6.54 Å². The molecule has 98 valence electrons. The minimum Gasteiger partial charge on any atom is -0.343 e. The molecule has 2 nitrogen and oxygen atoms in total. The van der Waals surface area contributed by atoms with E-state index >= 15 is 0 Å². The summed E-state index contributed by atoms with van der Waals surface area (Å²) in [5, 5.41) is 10.0. The zero-order valence-corrected chi connectivity index (χ0v) is 12.1. The summed E-state index contributed by atoms with van der Waals surface area (Å²) < 4.78 is 15.8. The molecule has 0 unspecified atom stereocenters. The lowest BCUT2D eigenvalue weighted by atomic mass is 10.1. The maximum Gasteiger partial charge on any atom is 0.137 e. The molecule has 3 rings (SSSR count). The molecule has 0 atom stereocenters. The van der Waals surface area contributed by atoms with Gasteiger partial charge in [-0.05, 0) is 51.8 Å². The Labute approximate surface area is 124 Å². The van der Waals surface area contributed by atoms with Crippen LogP contribution < -0.4 is 0 Å². The van der Waals surface area contributed by atoms with Crippen LogP contribution in [0.2, 0.25) is 0 Å². The van der Waals surface area contributed by atoms with Gasteiger partial charge < -0.3 is 4.57 Å². The number of hydrogen-bond donors (Lipinski definition) is 0. The van der Waals surface area contributed by atoms with Crippen molar-refractivity contribution in [1.82, 2.24) is 4.57 Å². The highest BCUT2D eigenvalue weighted by atomic mass is 79.9. The zero-order valence-electron chi connectivity index (χ0n) is 10.5. The van der Waals surface area contributed by atoms with Crippen molar-refractivity contribution in [3.05, 3.63) is 70.1 Å². The van der Waals surface area contributed by atoms with E-state index in [1.807, 2.05) is 24.4 Å². The lowest BCUT2D eigenvalue weighted by Gasteiger charge is -2.07. The highest BCUT2D eigenvalue weighted by Crippen LogP contribution is 2.22. The first-order valence-electron chi connectivity index (χ1n) is 6.11. The first-order valence-corrected chi connectivity index (χ1v) is 6.90. The largest absolute Gasteiger partial charge is 0.343 e. The Kier molecular flexibility index (Phi) is 3.29. The molecule has 0 N–H and O–H groups in total. The second kappa shape index (κ2) is 5.10. The molecule has 20 heavy (non-hydrogen) atoms. The summed E-state index contributed by atoms with van der Waals surface area (Å²) in [5.41, 5.74) is 2.67. The van der Waals surface area contributed by atoms with E-state index in [9.17, 15) is 4.39 Å². The summed E-state index contributed by atoms with van der Waals surface area (Å²) in [6.45, 7) is 0.636. The number of fused-ring (bicyclic) bond motifs is 1. The maximum absolute atomic E-state index is 13.2. The molecular formula is C16H10BrFN2. The number of nitriles is 1. The first-order chi connectivity index (χ1) is 9.69. The highest BCUT2D eigenvalue weighted by Gasteiger charge is 2.06. The summed E-state index contributed by atoms with van der Waals surface area (Å²) in [7, 11) is 0. The minimum atomic E-state index is -0.266. The molecule has 0 radical (unpaired) electrons. The Morgan fingerprint density at radius 3 is 2.80 bits per heavy atom. The molecule has 0 spiro atoms. The Hall–Kier alpha value is -2.12. The van der Waals surface area contributed by atoms with E-state index in [4.69, 9.17) is 5.26 Å². The van der Waals surface area contributed by atoms with Crippen LogP contribution in [0.25, 0.3) is 10.9 Å². The Morgan fingerprint density at radius 2 is 2.05 bits per heavy atom. The second-order valence-electron chi connectivity index (χ2n) is 4.54. The summed E-state index contributed by atoms with van der Waals surface area (Å²) in [6, 6.07) is 14.8. The van der Waals surface area contributed by atoms with Crippen molar-refractivity contribution >= 4 is 26.8 Å². The van der Waals surface area contributed by atoms with E-state index in [1.165, 1.54) is 6.07 Å². The number of nitrogens with zero attached hydrogens (tertiary/aromatic N) is 2. The minimum absolute atomic E-state index is 0.266. The normalized spacial score (nSPS) is 10.7. The van der Waals surface area contributed by atoms with Crippen LogP contribution in [0.1, 0.15) is 11.1 Å². The zero-order chi connectivity index (χ0) is 14.1. The summed E-state index contributed by atoms with van der Waals surface area (Å²) >= 11 is 3.20. The van der Waals surface area contributed by atoms with Crippen LogP contribution in [0.5, 0.6) is 0 Å². The number of halogens is 2. The molecule has 0 saturated heterocycles. The Morgan fingerprint density at radius 1 is 1.20 bits per heavy atom. The van der Waals surface area contributed by atoms with Crippen molar-refractivity contribution in [2.24, 2.45) is 0 Å². The average molecular weight is 329 g/mol. The van der Waals surface area contributed by atoms with Gasteiger partial charge in [-0.15, -0.1) is 0 Å². The van der Waals surface area contributed by atoms with Gasteiger partial charge in [-0.3, -0.25) is 0 Å². The number of hydrogen-bond acceptors (Lipinski definition) is 1. The van der Waals surface area contributed by atoms with Gasteiger partial charge in [0.1, 0.15) is 5.82 Å². The van der Waals surface area contributed by atoms with Gasteiger partial charge in [0.25, 0.3) is 0 Å². The molecule has 3 aromatic rings. The molecule has 0 bridgehead atoms. The number of aromatic nitrogens is 1. The standard InChI is InChI=1S/C16H10BrFN2/c17-14-8-11(4-5-15(14)18)10-20-7-6-13-12(9-19)2-1-3-16(13)20/h1-8H,10H2.